The summed E-state index contributed by atoms with van der Waals surface area (Å²) in [7, 11) is 1.62. The molecule has 0 unspecified atom stereocenters. The van der Waals surface area contributed by atoms with E-state index in [1.807, 2.05) is 24.3 Å². The van der Waals surface area contributed by atoms with Gasteiger partial charge in [-0.1, -0.05) is 24.3 Å². The van der Waals surface area contributed by atoms with Crippen LogP contribution in [-0.2, 0) is 11.5 Å². The van der Waals surface area contributed by atoms with E-state index in [1.54, 1.807) is 13.2 Å². The molecule has 0 aliphatic heterocycles. The average molecular weight is 280 g/mol. The molecule has 0 aromatic heterocycles. The fourth-order valence-corrected chi connectivity index (χ4v) is 2.66. The lowest BCUT2D eigenvalue weighted by atomic mass is 10.2. The van der Waals surface area contributed by atoms with E-state index < -0.39 is 11.6 Å². The zero-order valence-electron chi connectivity index (χ0n) is 10.5. The van der Waals surface area contributed by atoms with E-state index in [1.165, 1.54) is 17.8 Å². The molecular weight excluding hydrogens is 266 g/mol. The maximum absolute atomic E-state index is 13.4. The molecule has 0 saturated carbocycles. The highest BCUT2D eigenvalue weighted by molar-refractivity contribution is 7.97. The highest BCUT2D eigenvalue weighted by Gasteiger charge is 2.07. The zero-order chi connectivity index (χ0) is 13.7. The Hall–Kier alpha value is -1.55. The minimum absolute atomic E-state index is 0.396. The lowest BCUT2D eigenvalue weighted by molar-refractivity contribution is 0.414. The van der Waals surface area contributed by atoms with E-state index in [2.05, 4.69) is 0 Å². The molecule has 0 radical (unpaired) electrons. The van der Waals surface area contributed by atoms with Crippen molar-refractivity contribution >= 4 is 11.8 Å². The molecule has 0 bridgehead atoms. The van der Waals surface area contributed by atoms with Crippen molar-refractivity contribution in [3.05, 3.63) is 65.2 Å². The summed E-state index contributed by atoms with van der Waals surface area (Å²) in [6.07, 6.45) is 0. The number of thioether (sulfide) groups is 1. The summed E-state index contributed by atoms with van der Waals surface area (Å²) in [5, 5.41) is 0. The number of hydrogen-bond donors (Lipinski definition) is 0. The predicted molar refractivity (Wildman–Crippen MR) is 74.4 cm³/mol. The molecule has 0 fully saturated rings. The molecule has 2 aromatic rings. The van der Waals surface area contributed by atoms with E-state index in [9.17, 15) is 8.78 Å². The van der Waals surface area contributed by atoms with Crippen LogP contribution in [0.1, 0.15) is 11.1 Å². The van der Waals surface area contributed by atoms with Crippen LogP contribution in [0.3, 0.4) is 0 Å². The number of benzene rings is 2. The Kier molecular flexibility index (Phi) is 4.80. The van der Waals surface area contributed by atoms with Crippen LogP contribution in [0.5, 0.6) is 5.75 Å². The molecule has 0 amide bonds. The molecule has 100 valence electrons. The minimum atomic E-state index is -0.792. The average Bonchev–Trinajstić information content (AvgIpc) is 2.44. The van der Waals surface area contributed by atoms with E-state index in [0.717, 1.165) is 23.1 Å². The Morgan fingerprint density at radius 2 is 1.84 bits per heavy atom. The Morgan fingerprint density at radius 1 is 1.05 bits per heavy atom. The van der Waals surface area contributed by atoms with Crippen LogP contribution in [0.15, 0.2) is 42.5 Å². The second-order valence-corrected chi connectivity index (χ2v) is 5.04. The van der Waals surface area contributed by atoms with Gasteiger partial charge in [0.15, 0.2) is 11.6 Å². The molecule has 2 aromatic carbocycles. The number of rotatable bonds is 5. The van der Waals surface area contributed by atoms with Crippen LogP contribution in [-0.4, -0.2) is 7.11 Å². The fourth-order valence-electron chi connectivity index (χ4n) is 1.70. The molecule has 0 spiro atoms. The zero-order valence-corrected chi connectivity index (χ0v) is 11.3. The first-order valence-corrected chi connectivity index (χ1v) is 6.99. The molecule has 4 heteroatoms. The SMILES string of the molecule is COc1cccc(CSCc2cccc(F)c2F)c1. The highest BCUT2D eigenvalue weighted by Crippen LogP contribution is 2.22. The number of methoxy groups -OCH3 is 1. The summed E-state index contributed by atoms with van der Waals surface area (Å²) in [6, 6.07) is 12.0. The monoisotopic (exact) mass is 280 g/mol. The molecule has 1 nitrogen and oxygen atoms in total. The Bertz CT molecular complexity index is 558. The predicted octanol–water partition coefficient (Wildman–Crippen LogP) is 4.41. The quantitative estimate of drug-likeness (QED) is 0.802. The van der Waals surface area contributed by atoms with Crippen molar-refractivity contribution in [2.24, 2.45) is 0 Å². The molecule has 2 rings (SSSR count). The van der Waals surface area contributed by atoms with Gasteiger partial charge in [-0.2, -0.15) is 11.8 Å². The van der Waals surface area contributed by atoms with E-state index in [-0.39, 0.29) is 0 Å². The van der Waals surface area contributed by atoms with Crippen molar-refractivity contribution in [1.82, 2.24) is 0 Å². The van der Waals surface area contributed by atoms with Crippen molar-refractivity contribution < 1.29 is 13.5 Å². The van der Waals surface area contributed by atoms with Gasteiger partial charge in [0.1, 0.15) is 5.75 Å². The second kappa shape index (κ2) is 6.57. The fraction of sp³-hybridized carbons (Fsp3) is 0.200. The van der Waals surface area contributed by atoms with Crippen molar-refractivity contribution in [1.29, 1.82) is 0 Å². The van der Waals surface area contributed by atoms with Crippen LogP contribution >= 0.6 is 11.8 Å². The molecule has 0 saturated heterocycles. The van der Waals surface area contributed by atoms with Crippen LogP contribution in [0.4, 0.5) is 8.78 Å². The topological polar surface area (TPSA) is 9.23 Å². The van der Waals surface area contributed by atoms with E-state index in [0.29, 0.717) is 11.3 Å². The van der Waals surface area contributed by atoms with Crippen LogP contribution in [0.25, 0.3) is 0 Å². The maximum atomic E-state index is 13.4. The summed E-state index contributed by atoms with van der Waals surface area (Å²) in [4.78, 5) is 0. The summed E-state index contributed by atoms with van der Waals surface area (Å²) < 4.78 is 31.6. The summed E-state index contributed by atoms with van der Waals surface area (Å²) in [6.45, 7) is 0. The first kappa shape index (κ1) is 13.9. The van der Waals surface area contributed by atoms with E-state index >= 15 is 0 Å². The van der Waals surface area contributed by atoms with Gasteiger partial charge in [-0.15, -0.1) is 0 Å². The molecular formula is C15H14F2OS. The number of halogens is 2. The maximum Gasteiger partial charge on any atom is 0.162 e. The van der Waals surface area contributed by atoms with Crippen molar-refractivity contribution in [2.45, 2.75) is 11.5 Å². The van der Waals surface area contributed by atoms with Crippen molar-refractivity contribution in [2.75, 3.05) is 7.11 Å². The molecule has 19 heavy (non-hydrogen) atoms. The van der Waals surface area contributed by atoms with Gasteiger partial charge in [0.25, 0.3) is 0 Å². The third-order valence-electron chi connectivity index (χ3n) is 2.69. The Morgan fingerprint density at radius 3 is 2.63 bits per heavy atom. The van der Waals surface area contributed by atoms with Gasteiger partial charge in [0.05, 0.1) is 7.11 Å². The smallest absolute Gasteiger partial charge is 0.162 e. The number of ether oxygens (including phenoxy) is 1. The van der Waals surface area contributed by atoms with Gasteiger partial charge in [-0.05, 0) is 23.8 Å². The molecule has 0 heterocycles. The first-order valence-electron chi connectivity index (χ1n) is 5.84. The lowest BCUT2D eigenvalue weighted by Crippen LogP contribution is -1.92. The minimum Gasteiger partial charge on any atom is -0.497 e. The van der Waals surface area contributed by atoms with Gasteiger partial charge in [-0.3, -0.25) is 0 Å². The number of hydrogen-bond acceptors (Lipinski definition) is 2. The molecule has 0 aliphatic rings. The van der Waals surface area contributed by atoms with Crippen LogP contribution < -0.4 is 4.74 Å². The van der Waals surface area contributed by atoms with Gasteiger partial charge in [-0.25, -0.2) is 8.78 Å². The standard InChI is InChI=1S/C15H14F2OS/c1-18-13-6-2-4-11(8-13)9-19-10-12-5-3-7-14(16)15(12)17/h2-8H,9-10H2,1H3. The van der Waals surface area contributed by atoms with Crippen LogP contribution in [0.2, 0.25) is 0 Å². The van der Waals surface area contributed by atoms with Gasteiger partial charge < -0.3 is 4.74 Å². The molecule has 0 aliphatic carbocycles. The highest BCUT2D eigenvalue weighted by atomic mass is 32.2. The normalized spacial score (nSPS) is 10.5. The third kappa shape index (κ3) is 3.70. The Balaban J connectivity index is 1.94. The Labute approximate surface area is 115 Å². The molecule has 0 atom stereocenters. The van der Waals surface area contributed by atoms with Gasteiger partial charge >= 0.3 is 0 Å². The summed E-state index contributed by atoms with van der Waals surface area (Å²) >= 11 is 1.54. The van der Waals surface area contributed by atoms with Gasteiger partial charge in [0.2, 0.25) is 0 Å². The first-order chi connectivity index (χ1) is 9.20. The van der Waals surface area contributed by atoms with Crippen LogP contribution in [0, 0.1) is 11.6 Å². The van der Waals surface area contributed by atoms with Gasteiger partial charge in [0, 0.05) is 17.1 Å². The second-order valence-electron chi connectivity index (χ2n) is 4.06. The lowest BCUT2D eigenvalue weighted by Gasteiger charge is -2.06. The summed E-state index contributed by atoms with van der Waals surface area (Å²) in [5.41, 5.74) is 1.49. The van der Waals surface area contributed by atoms with E-state index in [4.69, 9.17) is 4.74 Å². The van der Waals surface area contributed by atoms with Crippen molar-refractivity contribution in [3.63, 3.8) is 0 Å². The third-order valence-corrected chi connectivity index (χ3v) is 3.74. The van der Waals surface area contributed by atoms with Crippen molar-refractivity contribution in [3.8, 4) is 5.75 Å². The largest absolute Gasteiger partial charge is 0.497 e. The summed E-state index contributed by atoms with van der Waals surface area (Å²) in [5.74, 6) is 0.434. The molecule has 0 N–H and O–H groups in total.